The molecule has 0 unspecified atom stereocenters. The largest absolute Gasteiger partial charge is 0.497 e. The van der Waals surface area contributed by atoms with Crippen molar-refractivity contribution in [1.82, 2.24) is 4.98 Å². The monoisotopic (exact) mass is 280 g/mol. The van der Waals surface area contributed by atoms with E-state index in [2.05, 4.69) is 4.98 Å². The summed E-state index contributed by atoms with van der Waals surface area (Å²) in [7, 11) is 1.64. The number of nitrogens with zero attached hydrogens (tertiary/aromatic N) is 1. The first-order valence-electron chi connectivity index (χ1n) is 6.64. The zero-order valence-corrected chi connectivity index (χ0v) is 12.0. The fourth-order valence-corrected chi connectivity index (χ4v) is 2.07. The standard InChI is InChI=1S/C17H16N2O2/c1-11-3-4-13(9-15(11)18)17-19-10-16(21-17)12-5-7-14(20-2)8-6-12/h3-10H,18H2,1-2H3. The number of methoxy groups -OCH3 is 1. The van der Waals surface area contributed by atoms with Crippen LogP contribution in [0.25, 0.3) is 22.8 Å². The van der Waals surface area contributed by atoms with Crippen LogP contribution in [0, 0.1) is 6.92 Å². The summed E-state index contributed by atoms with van der Waals surface area (Å²) in [5.74, 6) is 2.09. The third-order valence-corrected chi connectivity index (χ3v) is 3.41. The summed E-state index contributed by atoms with van der Waals surface area (Å²) in [6.45, 7) is 1.97. The fraction of sp³-hybridized carbons (Fsp3) is 0.118. The molecule has 0 spiro atoms. The van der Waals surface area contributed by atoms with Crippen molar-refractivity contribution in [1.29, 1.82) is 0 Å². The highest BCUT2D eigenvalue weighted by Crippen LogP contribution is 2.28. The molecular formula is C17H16N2O2. The summed E-state index contributed by atoms with van der Waals surface area (Å²) in [5, 5.41) is 0. The van der Waals surface area contributed by atoms with Gasteiger partial charge in [-0.2, -0.15) is 0 Å². The van der Waals surface area contributed by atoms with Gasteiger partial charge in [0.15, 0.2) is 5.76 Å². The summed E-state index contributed by atoms with van der Waals surface area (Å²) in [5.41, 5.74) is 9.53. The summed E-state index contributed by atoms with van der Waals surface area (Å²) >= 11 is 0. The quantitative estimate of drug-likeness (QED) is 0.739. The second-order valence-corrected chi connectivity index (χ2v) is 4.83. The van der Waals surface area contributed by atoms with Gasteiger partial charge in [-0.3, -0.25) is 0 Å². The molecular weight excluding hydrogens is 264 g/mol. The first kappa shape index (κ1) is 13.2. The number of rotatable bonds is 3. The molecule has 3 aromatic rings. The maximum atomic E-state index is 5.92. The average Bonchev–Trinajstić information content (AvgIpc) is 3.00. The number of aromatic nitrogens is 1. The van der Waals surface area contributed by atoms with Crippen molar-refractivity contribution < 1.29 is 9.15 Å². The molecule has 3 rings (SSSR count). The number of nitrogens with two attached hydrogens (primary N) is 1. The van der Waals surface area contributed by atoms with Crippen molar-refractivity contribution in [3.05, 3.63) is 54.2 Å². The van der Waals surface area contributed by atoms with Crippen molar-refractivity contribution >= 4 is 5.69 Å². The van der Waals surface area contributed by atoms with E-state index >= 15 is 0 Å². The van der Waals surface area contributed by atoms with Gasteiger partial charge in [0.1, 0.15) is 5.75 Å². The van der Waals surface area contributed by atoms with Crippen LogP contribution >= 0.6 is 0 Å². The minimum atomic E-state index is 0.563. The number of nitrogen functional groups attached to an aromatic ring is 1. The lowest BCUT2D eigenvalue weighted by molar-refractivity contribution is 0.415. The molecule has 21 heavy (non-hydrogen) atoms. The number of hydrogen-bond donors (Lipinski definition) is 1. The Morgan fingerprint density at radius 1 is 1.05 bits per heavy atom. The minimum Gasteiger partial charge on any atom is -0.497 e. The van der Waals surface area contributed by atoms with Crippen molar-refractivity contribution in [3.8, 4) is 28.5 Å². The molecule has 1 aromatic heterocycles. The van der Waals surface area contributed by atoms with Gasteiger partial charge in [-0.1, -0.05) is 6.07 Å². The van der Waals surface area contributed by atoms with Gasteiger partial charge < -0.3 is 14.9 Å². The molecule has 0 aliphatic heterocycles. The molecule has 0 saturated carbocycles. The van der Waals surface area contributed by atoms with Gasteiger partial charge in [-0.25, -0.2) is 4.98 Å². The van der Waals surface area contributed by atoms with E-state index in [4.69, 9.17) is 14.9 Å². The molecule has 0 saturated heterocycles. The molecule has 0 fully saturated rings. The lowest BCUT2D eigenvalue weighted by Gasteiger charge is -2.02. The molecule has 106 valence electrons. The molecule has 1 heterocycles. The van der Waals surface area contributed by atoms with E-state index in [0.29, 0.717) is 11.7 Å². The summed E-state index contributed by atoms with van der Waals surface area (Å²) < 4.78 is 11.0. The Hall–Kier alpha value is -2.75. The highest BCUT2D eigenvalue weighted by Gasteiger charge is 2.09. The van der Waals surface area contributed by atoms with Gasteiger partial charge >= 0.3 is 0 Å². The molecule has 4 nitrogen and oxygen atoms in total. The molecule has 0 amide bonds. The van der Waals surface area contributed by atoms with Crippen molar-refractivity contribution in [2.75, 3.05) is 12.8 Å². The van der Waals surface area contributed by atoms with Crippen LogP contribution in [-0.2, 0) is 0 Å². The first-order chi connectivity index (χ1) is 10.2. The van der Waals surface area contributed by atoms with Crippen molar-refractivity contribution in [2.45, 2.75) is 6.92 Å². The van der Waals surface area contributed by atoms with Crippen LogP contribution in [0.2, 0.25) is 0 Å². The first-order valence-corrected chi connectivity index (χ1v) is 6.64. The zero-order valence-electron chi connectivity index (χ0n) is 12.0. The van der Waals surface area contributed by atoms with E-state index in [0.717, 1.165) is 28.1 Å². The topological polar surface area (TPSA) is 61.3 Å². The molecule has 0 aliphatic rings. The van der Waals surface area contributed by atoms with E-state index in [1.54, 1.807) is 13.3 Å². The Morgan fingerprint density at radius 2 is 1.76 bits per heavy atom. The predicted molar refractivity (Wildman–Crippen MR) is 83.1 cm³/mol. The third kappa shape index (κ3) is 2.60. The van der Waals surface area contributed by atoms with Crippen LogP contribution < -0.4 is 10.5 Å². The smallest absolute Gasteiger partial charge is 0.226 e. The minimum absolute atomic E-state index is 0.563. The van der Waals surface area contributed by atoms with Crippen LogP contribution in [0.3, 0.4) is 0 Å². The third-order valence-electron chi connectivity index (χ3n) is 3.41. The molecule has 0 bridgehead atoms. The molecule has 0 aliphatic carbocycles. The summed E-state index contributed by atoms with van der Waals surface area (Å²) in [6.07, 6.45) is 1.72. The normalized spacial score (nSPS) is 10.6. The van der Waals surface area contributed by atoms with Crippen LogP contribution in [0.4, 0.5) is 5.69 Å². The Kier molecular flexibility index (Phi) is 3.36. The number of aryl methyl sites for hydroxylation is 1. The molecule has 2 aromatic carbocycles. The number of ether oxygens (including phenoxy) is 1. The van der Waals surface area contributed by atoms with E-state index in [-0.39, 0.29) is 0 Å². The lowest BCUT2D eigenvalue weighted by atomic mass is 10.1. The number of hydrogen-bond acceptors (Lipinski definition) is 4. The van der Waals surface area contributed by atoms with Gasteiger partial charge in [0.25, 0.3) is 0 Å². The lowest BCUT2D eigenvalue weighted by Crippen LogP contribution is -1.89. The van der Waals surface area contributed by atoms with Crippen molar-refractivity contribution in [3.63, 3.8) is 0 Å². The van der Waals surface area contributed by atoms with Gasteiger partial charge in [-0.05, 0) is 48.9 Å². The SMILES string of the molecule is COc1ccc(-c2cnc(-c3ccc(C)c(N)c3)o2)cc1. The van der Waals surface area contributed by atoms with E-state index in [9.17, 15) is 0 Å². The number of benzene rings is 2. The number of oxazole rings is 1. The fourth-order valence-electron chi connectivity index (χ4n) is 2.07. The summed E-state index contributed by atoms with van der Waals surface area (Å²) in [6, 6.07) is 13.4. The predicted octanol–water partition coefficient (Wildman–Crippen LogP) is 3.91. The Balaban J connectivity index is 1.93. The maximum absolute atomic E-state index is 5.92. The highest BCUT2D eigenvalue weighted by atomic mass is 16.5. The van der Waals surface area contributed by atoms with Gasteiger partial charge in [0.2, 0.25) is 5.89 Å². The molecule has 2 N–H and O–H groups in total. The Labute approximate surface area is 123 Å². The second kappa shape index (κ2) is 5.32. The molecule has 0 radical (unpaired) electrons. The number of anilines is 1. The highest BCUT2D eigenvalue weighted by molar-refractivity contribution is 5.65. The summed E-state index contributed by atoms with van der Waals surface area (Å²) in [4.78, 5) is 4.32. The van der Waals surface area contributed by atoms with Gasteiger partial charge in [-0.15, -0.1) is 0 Å². The van der Waals surface area contributed by atoms with E-state index < -0.39 is 0 Å². The van der Waals surface area contributed by atoms with Crippen LogP contribution in [-0.4, -0.2) is 12.1 Å². The Morgan fingerprint density at radius 3 is 2.43 bits per heavy atom. The van der Waals surface area contributed by atoms with Crippen LogP contribution in [0.15, 0.2) is 53.1 Å². The maximum Gasteiger partial charge on any atom is 0.226 e. The van der Waals surface area contributed by atoms with Gasteiger partial charge in [0.05, 0.1) is 13.3 Å². The average molecular weight is 280 g/mol. The Bertz CT molecular complexity index is 761. The van der Waals surface area contributed by atoms with Crippen LogP contribution in [0.1, 0.15) is 5.56 Å². The zero-order chi connectivity index (χ0) is 14.8. The molecule has 0 atom stereocenters. The van der Waals surface area contributed by atoms with Crippen LogP contribution in [0.5, 0.6) is 5.75 Å². The van der Waals surface area contributed by atoms with E-state index in [1.165, 1.54) is 0 Å². The van der Waals surface area contributed by atoms with Gasteiger partial charge in [0, 0.05) is 16.8 Å². The second-order valence-electron chi connectivity index (χ2n) is 4.83. The van der Waals surface area contributed by atoms with Crippen molar-refractivity contribution in [2.24, 2.45) is 0 Å². The molecule has 4 heteroatoms. The van der Waals surface area contributed by atoms with E-state index in [1.807, 2.05) is 49.4 Å².